The molecule has 0 radical (unpaired) electrons. The van der Waals surface area contributed by atoms with Crippen molar-refractivity contribution in [2.24, 2.45) is 0 Å². The van der Waals surface area contributed by atoms with E-state index in [2.05, 4.69) is 15.1 Å². The molecule has 0 unspecified atom stereocenters. The lowest BCUT2D eigenvalue weighted by Gasteiger charge is -2.47. The molecule has 1 atom stereocenters. The Morgan fingerprint density at radius 3 is 2.58 bits per heavy atom. The second kappa shape index (κ2) is 9.30. The molecular weight excluding hydrogens is 337 g/mol. The van der Waals surface area contributed by atoms with Crippen LogP contribution < -0.4 is 5.32 Å². The van der Waals surface area contributed by atoms with Crippen LogP contribution >= 0.6 is 0 Å². The summed E-state index contributed by atoms with van der Waals surface area (Å²) in [6.45, 7) is 7.28. The number of carbonyl (C=O) groups is 1. The minimum atomic E-state index is -1.00. The van der Waals surface area contributed by atoms with Crippen LogP contribution in [0.25, 0.3) is 0 Å². The van der Waals surface area contributed by atoms with E-state index in [4.69, 9.17) is 9.84 Å². The minimum Gasteiger partial charge on any atom is -0.465 e. The number of carboxylic acid groups (broad SMARTS) is 1. The highest BCUT2D eigenvalue weighted by Gasteiger charge is 2.32. The Kier molecular flexibility index (Phi) is 6.82. The molecule has 1 amide bonds. The van der Waals surface area contributed by atoms with Crippen LogP contribution in [-0.4, -0.2) is 79.5 Å². The third kappa shape index (κ3) is 5.40. The van der Waals surface area contributed by atoms with E-state index in [1.807, 2.05) is 12.1 Å². The van der Waals surface area contributed by atoms with Gasteiger partial charge in [0.2, 0.25) is 0 Å². The Balaban J connectivity index is 1.46. The van der Waals surface area contributed by atoms with Crippen molar-refractivity contribution in [3.05, 3.63) is 35.6 Å². The van der Waals surface area contributed by atoms with E-state index in [9.17, 15) is 9.18 Å². The number of hydrogen-bond donors (Lipinski definition) is 2. The van der Waals surface area contributed by atoms with E-state index in [-0.39, 0.29) is 11.7 Å². The first kappa shape index (κ1) is 19.1. The van der Waals surface area contributed by atoms with E-state index in [1.54, 1.807) is 0 Å². The van der Waals surface area contributed by atoms with Crippen molar-refractivity contribution in [3.8, 4) is 0 Å². The summed E-state index contributed by atoms with van der Waals surface area (Å²) in [5.74, 6) is -0.0165. The van der Waals surface area contributed by atoms with Gasteiger partial charge in [0.25, 0.3) is 0 Å². The van der Waals surface area contributed by atoms with Gasteiger partial charge >= 0.3 is 6.09 Å². The first-order chi connectivity index (χ1) is 12.6. The summed E-state index contributed by atoms with van der Waals surface area (Å²) >= 11 is 0. The number of benzene rings is 1. The lowest BCUT2D eigenvalue weighted by molar-refractivity contribution is -0.0325. The Hall–Kier alpha value is -1.70. The molecule has 26 heavy (non-hydrogen) atoms. The van der Waals surface area contributed by atoms with Crippen LogP contribution in [0.5, 0.6) is 0 Å². The van der Waals surface area contributed by atoms with Crippen molar-refractivity contribution in [2.45, 2.75) is 24.8 Å². The Bertz CT molecular complexity index is 572. The number of amides is 1. The molecule has 2 saturated heterocycles. The van der Waals surface area contributed by atoms with Gasteiger partial charge in [0.15, 0.2) is 0 Å². The predicted octanol–water partition coefficient (Wildman–Crippen LogP) is 1.97. The Labute approximate surface area is 153 Å². The van der Waals surface area contributed by atoms with E-state index in [0.29, 0.717) is 12.6 Å². The number of nitrogens with one attached hydrogen (secondary N) is 1. The van der Waals surface area contributed by atoms with Gasteiger partial charge in [-0.25, -0.2) is 9.18 Å². The molecule has 0 bridgehead atoms. The number of nitrogens with zero attached hydrogens (tertiary/aromatic N) is 2. The quantitative estimate of drug-likeness (QED) is 0.737. The first-order valence-electron chi connectivity index (χ1n) is 9.38. The largest absolute Gasteiger partial charge is 0.465 e. The Morgan fingerprint density at radius 1 is 1.23 bits per heavy atom. The van der Waals surface area contributed by atoms with Gasteiger partial charge in [0.1, 0.15) is 5.82 Å². The molecule has 0 aromatic heterocycles. The van der Waals surface area contributed by atoms with Crippen LogP contribution in [0.3, 0.4) is 0 Å². The standard InChI is InChI=1S/C19H28FN3O3/c20-17-3-1-15(2-4-17)16(5-7-21-19(24)25)6-8-22-13-18(14-22)23-9-11-26-12-10-23/h1-4,16,18,21H,5-14H2,(H,24,25)/t16-/m0/s1. The van der Waals surface area contributed by atoms with Crippen molar-refractivity contribution >= 4 is 6.09 Å². The van der Waals surface area contributed by atoms with Crippen molar-refractivity contribution in [3.63, 3.8) is 0 Å². The highest BCUT2D eigenvalue weighted by Crippen LogP contribution is 2.26. The van der Waals surface area contributed by atoms with Gasteiger partial charge in [-0.3, -0.25) is 4.90 Å². The predicted molar refractivity (Wildman–Crippen MR) is 97.0 cm³/mol. The normalized spacial score (nSPS) is 20.5. The number of likely N-dealkylation sites (tertiary alicyclic amines) is 1. The van der Waals surface area contributed by atoms with Crippen LogP contribution in [0.15, 0.2) is 24.3 Å². The molecule has 6 nitrogen and oxygen atoms in total. The number of ether oxygens (including phenoxy) is 1. The zero-order valence-corrected chi connectivity index (χ0v) is 15.1. The molecule has 2 heterocycles. The lowest BCUT2D eigenvalue weighted by atomic mass is 9.91. The monoisotopic (exact) mass is 365 g/mol. The molecule has 0 aliphatic carbocycles. The van der Waals surface area contributed by atoms with E-state index in [1.165, 1.54) is 12.1 Å². The SMILES string of the molecule is O=C(O)NCC[C@@H](CCN1CC(N2CCOCC2)C1)c1ccc(F)cc1. The topological polar surface area (TPSA) is 65.0 Å². The van der Waals surface area contributed by atoms with E-state index < -0.39 is 6.09 Å². The smallest absolute Gasteiger partial charge is 0.404 e. The summed E-state index contributed by atoms with van der Waals surface area (Å²) in [5, 5.41) is 11.2. The highest BCUT2D eigenvalue weighted by atomic mass is 19.1. The zero-order chi connectivity index (χ0) is 18.4. The van der Waals surface area contributed by atoms with Gasteiger partial charge < -0.3 is 20.1 Å². The molecular formula is C19H28FN3O3. The van der Waals surface area contributed by atoms with Crippen LogP contribution in [0.4, 0.5) is 9.18 Å². The van der Waals surface area contributed by atoms with E-state index in [0.717, 1.165) is 64.3 Å². The summed E-state index contributed by atoms with van der Waals surface area (Å²) in [6, 6.07) is 7.22. The molecule has 7 heteroatoms. The zero-order valence-electron chi connectivity index (χ0n) is 15.1. The fourth-order valence-corrected chi connectivity index (χ4v) is 3.80. The number of rotatable bonds is 8. The third-order valence-electron chi connectivity index (χ3n) is 5.40. The van der Waals surface area contributed by atoms with Crippen LogP contribution in [0.1, 0.15) is 24.3 Å². The maximum absolute atomic E-state index is 13.2. The summed E-state index contributed by atoms with van der Waals surface area (Å²) in [5.41, 5.74) is 1.07. The minimum absolute atomic E-state index is 0.227. The molecule has 1 aromatic carbocycles. The maximum atomic E-state index is 13.2. The molecule has 2 aliphatic rings. The van der Waals surface area contributed by atoms with E-state index >= 15 is 0 Å². The van der Waals surface area contributed by atoms with Gasteiger partial charge in [-0.1, -0.05) is 12.1 Å². The van der Waals surface area contributed by atoms with Crippen molar-refractivity contribution in [1.29, 1.82) is 0 Å². The van der Waals surface area contributed by atoms with Crippen molar-refractivity contribution < 1.29 is 19.0 Å². The molecule has 2 fully saturated rings. The molecule has 2 N–H and O–H groups in total. The summed E-state index contributed by atoms with van der Waals surface area (Å²) < 4.78 is 18.6. The molecule has 1 aromatic rings. The fourth-order valence-electron chi connectivity index (χ4n) is 3.80. The fraction of sp³-hybridized carbons (Fsp3) is 0.632. The summed E-state index contributed by atoms with van der Waals surface area (Å²) in [6.07, 6.45) is 0.667. The Morgan fingerprint density at radius 2 is 1.92 bits per heavy atom. The number of hydrogen-bond acceptors (Lipinski definition) is 4. The average Bonchev–Trinajstić information content (AvgIpc) is 2.60. The molecule has 3 rings (SSSR count). The second-order valence-corrected chi connectivity index (χ2v) is 7.12. The second-order valence-electron chi connectivity index (χ2n) is 7.12. The molecule has 144 valence electrons. The molecule has 0 saturated carbocycles. The van der Waals surface area contributed by atoms with Gasteiger partial charge in [-0.05, 0) is 43.0 Å². The average molecular weight is 365 g/mol. The first-order valence-corrected chi connectivity index (χ1v) is 9.38. The van der Waals surface area contributed by atoms with Gasteiger partial charge in [0.05, 0.1) is 13.2 Å². The van der Waals surface area contributed by atoms with Crippen LogP contribution in [0, 0.1) is 5.82 Å². The third-order valence-corrected chi connectivity index (χ3v) is 5.40. The van der Waals surface area contributed by atoms with Crippen molar-refractivity contribution in [2.75, 3.05) is 52.5 Å². The highest BCUT2D eigenvalue weighted by molar-refractivity contribution is 5.64. The lowest BCUT2D eigenvalue weighted by Crippen LogP contribution is -2.61. The van der Waals surface area contributed by atoms with Crippen molar-refractivity contribution in [1.82, 2.24) is 15.1 Å². The van der Waals surface area contributed by atoms with Gasteiger partial charge in [-0.15, -0.1) is 0 Å². The number of morpholine rings is 1. The summed E-state index contributed by atoms with van der Waals surface area (Å²) in [4.78, 5) is 15.6. The van der Waals surface area contributed by atoms with Crippen LogP contribution in [-0.2, 0) is 4.74 Å². The number of halogens is 1. The van der Waals surface area contributed by atoms with Crippen LogP contribution in [0.2, 0.25) is 0 Å². The molecule has 0 spiro atoms. The molecule has 2 aliphatic heterocycles. The maximum Gasteiger partial charge on any atom is 0.404 e. The van der Waals surface area contributed by atoms with Gasteiger partial charge in [0, 0.05) is 38.8 Å². The van der Waals surface area contributed by atoms with Gasteiger partial charge in [-0.2, -0.15) is 0 Å². The summed E-state index contributed by atoms with van der Waals surface area (Å²) in [7, 11) is 0.